The molecule has 0 saturated heterocycles. The molecule has 108 valence electrons. The Hall–Kier alpha value is -1.93. The second kappa shape index (κ2) is 7.01. The van der Waals surface area contributed by atoms with E-state index in [9.17, 15) is 4.79 Å². The molecule has 0 spiro atoms. The fraction of sp³-hybridized carbons (Fsp3) is 0.429. The number of nitrogens with zero attached hydrogens (tertiary/aromatic N) is 2. The fourth-order valence-corrected chi connectivity index (χ4v) is 2.31. The normalized spacial score (nSPS) is 10.2. The van der Waals surface area contributed by atoms with Crippen LogP contribution < -0.4 is 10.6 Å². The molecule has 0 bridgehead atoms. The van der Waals surface area contributed by atoms with E-state index in [1.165, 1.54) is 13.2 Å². The van der Waals surface area contributed by atoms with Gasteiger partial charge in [-0.25, -0.2) is 4.79 Å². The Balaban J connectivity index is 3.39. The van der Waals surface area contributed by atoms with Crippen LogP contribution in [0.25, 0.3) is 0 Å². The lowest BCUT2D eigenvalue weighted by Gasteiger charge is -2.30. The van der Waals surface area contributed by atoms with E-state index in [-0.39, 0.29) is 6.04 Å². The maximum absolute atomic E-state index is 11.9. The number of rotatable bonds is 5. The first kappa shape index (κ1) is 16.1. The van der Waals surface area contributed by atoms with Crippen molar-refractivity contribution in [2.24, 2.45) is 0 Å². The van der Waals surface area contributed by atoms with E-state index >= 15 is 0 Å². The van der Waals surface area contributed by atoms with Crippen LogP contribution in [0.2, 0.25) is 5.02 Å². The molecule has 5 nitrogen and oxygen atoms in total. The summed E-state index contributed by atoms with van der Waals surface area (Å²) in [5, 5.41) is 9.13. The van der Waals surface area contributed by atoms with Gasteiger partial charge < -0.3 is 15.4 Å². The highest BCUT2D eigenvalue weighted by atomic mass is 35.5. The van der Waals surface area contributed by atoms with Gasteiger partial charge in [-0.1, -0.05) is 11.6 Å². The van der Waals surface area contributed by atoms with E-state index in [4.69, 9.17) is 27.3 Å². The lowest BCUT2D eigenvalue weighted by Crippen LogP contribution is -2.33. The van der Waals surface area contributed by atoms with Crippen LogP contribution in [0.15, 0.2) is 12.1 Å². The molecule has 0 unspecified atom stereocenters. The molecule has 0 radical (unpaired) electrons. The summed E-state index contributed by atoms with van der Waals surface area (Å²) in [5.41, 5.74) is 6.99. The average Bonchev–Trinajstić information content (AvgIpc) is 2.39. The van der Waals surface area contributed by atoms with Gasteiger partial charge in [0.2, 0.25) is 0 Å². The molecular weight excluding hydrogens is 278 g/mol. The molecule has 1 rings (SSSR count). The van der Waals surface area contributed by atoms with Gasteiger partial charge in [-0.2, -0.15) is 5.26 Å². The monoisotopic (exact) mass is 295 g/mol. The van der Waals surface area contributed by atoms with Crippen LogP contribution in [0.5, 0.6) is 0 Å². The van der Waals surface area contributed by atoms with Crippen LogP contribution in [0.3, 0.4) is 0 Å². The highest BCUT2D eigenvalue weighted by molar-refractivity contribution is 6.34. The summed E-state index contributed by atoms with van der Waals surface area (Å²) in [7, 11) is 1.30. The fourth-order valence-electron chi connectivity index (χ4n) is 1.98. The molecule has 0 atom stereocenters. The van der Waals surface area contributed by atoms with Crippen LogP contribution in [-0.4, -0.2) is 25.7 Å². The highest BCUT2D eigenvalue weighted by Gasteiger charge is 2.22. The highest BCUT2D eigenvalue weighted by Crippen LogP contribution is 2.34. The van der Waals surface area contributed by atoms with Gasteiger partial charge in [-0.15, -0.1) is 0 Å². The predicted octanol–water partition coefficient (Wildman–Crippen LogP) is 2.84. The molecule has 20 heavy (non-hydrogen) atoms. The summed E-state index contributed by atoms with van der Waals surface area (Å²) in [6.07, 6.45) is 0.333. The summed E-state index contributed by atoms with van der Waals surface area (Å²) >= 11 is 6.24. The molecule has 0 aliphatic carbocycles. The second-order valence-electron chi connectivity index (χ2n) is 4.59. The number of hydrogen-bond donors (Lipinski definition) is 1. The summed E-state index contributed by atoms with van der Waals surface area (Å²) in [5.74, 6) is -0.503. The first-order chi connectivity index (χ1) is 9.42. The van der Waals surface area contributed by atoms with Gasteiger partial charge >= 0.3 is 5.97 Å². The lowest BCUT2D eigenvalue weighted by molar-refractivity contribution is 0.0601. The van der Waals surface area contributed by atoms with Gasteiger partial charge in [0.1, 0.15) is 0 Å². The zero-order valence-electron chi connectivity index (χ0n) is 11.8. The van der Waals surface area contributed by atoms with Gasteiger partial charge in [-0.3, -0.25) is 0 Å². The smallest absolute Gasteiger partial charge is 0.340 e. The minimum atomic E-state index is -0.503. The summed E-state index contributed by atoms with van der Waals surface area (Å²) < 4.78 is 4.78. The Labute approximate surface area is 123 Å². The van der Waals surface area contributed by atoms with Gasteiger partial charge in [0.05, 0.1) is 35.9 Å². The number of nitrogen functional groups attached to an aromatic ring is 1. The van der Waals surface area contributed by atoms with Crippen LogP contribution in [0.1, 0.15) is 30.6 Å². The number of halogens is 1. The van der Waals surface area contributed by atoms with Crippen molar-refractivity contribution in [3.05, 3.63) is 22.7 Å². The van der Waals surface area contributed by atoms with E-state index in [1.54, 1.807) is 6.07 Å². The Morgan fingerprint density at radius 2 is 2.20 bits per heavy atom. The molecule has 1 aromatic carbocycles. The van der Waals surface area contributed by atoms with E-state index in [2.05, 4.69) is 6.07 Å². The zero-order chi connectivity index (χ0) is 15.3. The van der Waals surface area contributed by atoms with Crippen molar-refractivity contribution in [1.29, 1.82) is 5.26 Å². The molecule has 6 heteroatoms. The van der Waals surface area contributed by atoms with Crippen molar-refractivity contribution < 1.29 is 9.53 Å². The molecule has 0 saturated carbocycles. The third-order valence-corrected chi connectivity index (χ3v) is 3.15. The zero-order valence-corrected chi connectivity index (χ0v) is 12.6. The Bertz CT molecular complexity index is 538. The SMILES string of the molecule is COC(=O)c1cc(N)cc(Cl)c1N(CCC#N)C(C)C. The van der Waals surface area contributed by atoms with Crippen LogP contribution in [0.4, 0.5) is 11.4 Å². The molecule has 0 heterocycles. The molecule has 0 amide bonds. The number of carbonyl (C=O) groups is 1. The molecule has 0 aliphatic rings. The maximum Gasteiger partial charge on any atom is 0.340 e. The van der Waals surface area contributed by atoms with Crippen molar-refractivity contribution >= 4 is 28.9 Å². The number of ether oxygens (including phenoxy) is 1. The molecule has 1 aromatic rings. The summed E-state index contributed by atoms with van der Waals surface area (Å²) in [6, 6.07) is 5.29. The number of esters is 1. The molecule has 0 aromatic heterocycles. The van der Waals surface area contributed by atoms with Crippen molar-refractivity contribution in [2.45, 2.75) is 26.3 Å². The topological polar surface area (TPSA) is 79.3 Å². The van der Waals surface area contributed by atoms with Crippen molar-refractivity contribution in [1.82, 2.24) is 0 Å². The first-order valence-electron chi connectivity index (χ1n) is 6.23. The van der Waals surface area contributed by atoms with Crippen LogP contribution in [-0.2, 0) is 4.74 Å². The average molecular weight is 296 g/mol. The standard InChI is InChI=1S/C14H18ClN3O2/c1-9(2)18(6-4-5-16)13-11(14(19)20-3)7-10(17)8-12(13)15/h7-9H,4,6,17H2,1-3H3. The first-order valence-corrected chi connectivity index (χ1v) is 6.61. The van der Waals surface area contributed by atoms with Crippen molar-refractivity contribution in [2.75, 3.05) is 24.3 Å². The van der Waals surface area contributed by atoms with E-state index < -0.39 is 5.97 Å². The third-order valence-electron chi connectivity index (χ3n) is 2.87. The molecule has 0 fully saturated rings. The largest absolute Gasteiger partial charge is 0.465 e. The summed E-state index contributed by atoms with van der Waals surface area (Å²) in [6.45, 7) is 4.40. The van der Waals surface area contributed by atoms with Crippen molar-refractivity contribution in [3.63, 3.8) is 0 Å². The molecule has 2 N–H and O–H groups in total. The second-order valence-corrected chi connectivity index (χ2v) is 4.99. The van der Waals surface area contributed by atoms with E-state index in [0.717, 1.165) is 0 Å². The molecular formula is C14H18ClN3O2. The Morgan fingerprint density at radius 1 is 1.55 bits per heavy atom. The number of nitrogens with two attached hydrogens (primary N) is 1. The lowest BCUT2D eigenvalue weighted by atomic mass is 10.1. The van der Waals surface area contributed by atoms with Gasteiger partial charge in [0.15, 0.2) is 0 Å². The number of hydrogen-bond acceptors (Lipinski definition) is 5. The summed E-state index contributed by atoms with van der Waals surface area (Å²) in [4.78, 5) is 13.8. The minimum Gasteiger partial charge on any atom is -0.465 e. The van der Waals surface area contributed by atoms with Gasteiger partial charge in [-0.05, 0) is 26.0 Å². The Kier molecular flexibility index (Phi) is 5.66. The van der Waals surface area contributed by atoms with Gasteiger partial charge in [0, 0.05) is 18.3 Å². The maximum atomic E-state index is 11.9. The minimum absolute atomic E-state index is 0.0767. The van der Waals surface area contributed by atoms with Crippen LogP contribution >= 0.6 is 11.6 Å². The van der Waals surface area contributed by atoms with Gasteiger partial charge in [0.25, 0.3) is 0 Å². The third kappa shape index (κ3) is 3.55. The number of nitriles is 1. The van der Waals surface area contributed by atoms with Crippen LogP contribution in [0, 0.1) is 11.3 Å². The van der Waals surface area contributed by atoms with E-state index in [0.29, 0.717) is 34.9 Å². The number of benzene rings is 1. The molecule has 0 aliphatic heterocycles. The number of methoxy groups -OCH3 is 1. The van der Waals surface area contributed by atoms with E-state index in [1.807, 2.05) is 18.7 Å². The quantitative estimate of drug-likeness (QED) is 0.667. The number of carbonyl (C=O) groups excluding carboxylic acids is 1. The van der Waals surface area contributed by atoms with Crippen molar-refractivity contribution in [3.8, 4) is 6.07 Å². The number of anilines is 2. The Morgan fingerprint density at radius 3 is 2.70 bits per heavy atom. The predicted molar refractivity (Wildman–Crippen MR) is 79.9 cm³/mol.